The Morgan fingerprint density at radius 1 is 1.50 bits per heavy atom. The standard InChI is InChI=1S/C9H17N5O.ClH/c1-5(2)7(10)9(15)13-6(3)8-11-4-12-14-8;/h4-7H,10H2,1-3H3,(H,13,15)(H,11,12,14);1H/t6?,7-;/m1./s1. The molecule has 1 aromatic heterocycles. The number of aromatic amines is 1. The van der Waals surface area contributed by atoms with Gasteiger partial charge in [-0.25, -0.2) is 4.98 Å². The summed E-state index contributed by atoms with van der Waals surface area (Å²) in [6, 6.07) is -0.694. The van der Waals surface area contributed by atoms with Gasteiger partial charge in [-0.15, -0.1) is 12.4 Å². The van der Waals surface area contributed by atoms with Gasteiger partial charge in [-0.2, -0.15) is 5.10 Å². The lowest BCUT2D eigenvalue weighted by atomic mass is 10.0. The number of carbonyl (C=O) groups is 1. The lowest BCUT2D eigenvalue weighted by molar-refractivity contribution is -0.123. The van der Waals surface area contributed by atoms with Crippen molar-refractivity contribution in [3.8, 4) is 0 Å². The first-order chi connectivity index (χ1) is 7.02. The molecule has 0 saturated heterocycles. The molecule has 0 saturated carbocycles. The fraction of sp³-hybridized carbons (Fsp3) is 0.667. The van der Waals surface area contributed by atoms with E-state index < -0.39 is 6.04 Å². The summed E-state index contributed by atoms with van der Waals surface area (Å²) < 4.78 is 0. The lowest BCUT2D eigenvalue weighted by Gasteiger charge is -2.18. The molecule has 4 N–H and O–H groups in total. The number of hydrogen-bond donors (Lipinski definition) is 3. The Kier molecular flexibility index (Phi) is 5.98. The average Bonchev–Trinajstić information content (AvgIpc) is 2.68. The Bertz CT molecular complexity index is 314. The predicted molar refractivity (Wildman–Crippen MR) is 63.0 cm³/mol. The zero-order chi connectivity index (χ0) is 11.4. The van der Waals surface area contributed by atoms with Crippen LogP contribution in [-0.2, 0) is 4.79 Å². The van der Waals surface area contributed by atoms with Gasteiger partial charge in [0.05, 0.1) is 12.1 Å². The molecule has 6 nitrogen and oxygen atoms in total. The maximum absolute atomic E-state index is 11.6. The maximum atomic E-state index is 11.6. The Hall–Kier alpha value is -1.14. The summed E-state index contributed by atoms with van der Waals surface area (Å²) in [5.74, 6) is 0.570. The molecule has 7 heteroatoms. The van der Waals surface area contributed by atoms with Crippen molar-refractivity contribution in [1.82, 2.24) is 20.5 Å². The highest BCUT2D eigenvalue weighted by atomic mass is 35.5. The van der Waals surface area contributed by atoms with Crippen molar-refractivity contribution in [3.05, 3.63) is 12.2 Å². The van der Waals surface area contributed by atoms with Crippen LogP contribution >= 0.6 is 12.4 Å². The minimum atomic E-state index is -0.490. The number of amides is 1. The van der Waals surface area contributed by atoms with Gasteiger partial charge in [0.15, 0.2) is 0 Å². The van der Waals surface area contributed by atoms with Gasteiger partial charge >= 0.3 is 0 Å². The summed E-state index contributed by atoms with van der Waals surface area (Å²) in [5.41, 5.74) is 5.70. The molecule has 2 atom stereocenters. The van der Waals surface area contributed by atoms with E-state index in [4.69, 9.17) is 5.73 Å². The van der Waals surface area contributed by atoms with Crippen molar-refractivity contribution >= 4 is 18.3 Å². The number of nitrogens with one attached hydrogen (secondary N) is 2. The highest BCUT2D eigenvalue weighted by Gasteiger charge is 2.20. The van der Waals surface area contributed by atoms with E-state index in [-0.39, 0.29) is 30.3 Å². The normalized spacial score (nSPS) is 14.1. The molecule has 0 radical (unpaired) electrons. The third-order valence-corrected chi connectivity index (χ3v) is 2.22. The van der Waals surface area contributed by atoms with E-state index in [0.717, 1.165) is 0 Å². The second kappa shape index (κ2) is 6.44. The summed E-state index contributed by atoms with van der Waals surface area (Å²) in [6.07, 6.45) is 1.40. The van der Waals surface area contributed by atoms with E-state index in [1.54, 1.807) is 0 Å². The van der Waals surface area contributed by atoms with Gasteiger partial charge in [-0.1, -0.05) is 13.8 Å². The SMILES string of the molecule is CC(NC(=O)[C@H](N)C(C)C)c1ncn[nH]1.Cl. The fourth-order valence-corrected chi connectivity index (χ4v) is 1.10. The molecule has 16 heavy (non-hydrogen) atoms. The Balaban J connectivity index is 0.00000225. The zero-order valence-corrected chi connectivity index (χ0v) is 10.4. The van der Waals surface area contributed by atoms with Crippen LogP contribution in [0.5, 0.6) is 0 Å². The number of hydrogen-bond acceptors (Lipinski definition) is 4. The topological polar surface area (TPSA) is 96.7 Å². The molecule has 1 heterocycles. The van der Waals surface area contributed by atoms with Crippen LogP contribution in [0, 0.1) is 5.92 Å². The average molecular weight is 248 g/mol. The summed E-state index contributed by atoms with van der Waals surface area (Å²) >= 11 is 0. The minimum absolute atomic E-state index is 0. The molecular formula is C9H18ClN5O. The number of carbonyl (C=O) groups excluding carboxylic acids is 1. The summed E-state index contributed by atoms with van der Waals surface area (Å²) in [6.45, 7) is 5.64. The number of rotatable bonds is 4. The Morgan fingerprint density at radius 3 is 2.56 bits per heavy atom. The van der Waals surface area contributed by atoms with E-state index in [9.17, 15) is 4.79 Å². The lowest BCUT2D eigenvalue weighted by Crippen LogP contribution is -2.44. The quantitative estimate of drug-likeness (QED) is 0.717. The van der Waals surface area contributed by atoms with Gasteiger partial charge in [0.1, 0.15) is 12.2 Å². The monoisotopic (exact) mass is 247 g/mol. The number of H-pyrrole nitrogens is 1. The summed E-state index contributed by atoms with van der Waals surface area (Å²) in [4.78, 5) is 15.5. The third kappa shape index (κ3) is 3.79. The highest BCUT2D eigenvalue weighted by molar-refractivity contribution is 5.85. The fourth-order valence-electron chi connectivity index (χ4n) is 1.10. The molecule has 1 unspecified atom stereocenters. The van der Waals surface area contributed by atoms with Crippen molar-refractivity contribution < 1.29 is 4.79 Å². The molecule has 1 amide bonds. The molecule has 0 aromatic carbocycles. The van der Waals surface area contributed by atoms with Crippen LogP contribution in [0.2, 0.25) is 0 Å². The van der Waals surface area contributed by atoms with Crippen LogP contribution in [0.15, 0.2) is 6.33 Å². The third-order valence-electron chi connectivity index (χ3n) is 2.22. The molecule has 0 fully saturated rings. The minimum Gasteiger partial charge on any atom is -0.345 e. The molecule has 0 spiro atoms. The number of aromatic nitrogens is 3. The van der Waals surface area contributed by atoms with E-state index in [0.29, 0.717) is 5.82 Å². The Labute approximate surface area is 101 Å². The first kappa shape index (κ1) is 14.9. The summed E-state index contributed by atoms with van der Waals surface area (Å²) in [7, 11) is 0. The van der Waals surface area contributed by atoms with Crippen LogP contribution in [0.25, 0.3) is 0 Å². The van der Waals surface area contributed by atoms with Crippen LogP contribution in [0.4, 0.5) is 0 Å². The first-order valence-corrected chi connectivity index (χ1v) is 4.93. The smallest absolute Gasteiger partial charge is 0.237 e. The molecule has 0 bridgehead atoms. The van der Waals surface area contributed by atoms with Crippen LogP contribution in [0.3, 0.4) is 0 Å². The molecule has 1 rings (SSSR count). The van der Waals surface area contributed by atoms with Gasteiger partial charge in [-0.05, 0) is 12.8 Å². The van der Waals surface area contributed by atoms with Gasteiger partial charge < -0.3 is 11.1 Å². The zero-order valence-electron chi connectivity index (χ0n) is 9.60. The number of nitrogens with two attached hydrogens (primary N) is 1. The molecule has 0 aliphatic heterocycles. The molecule has 92 valence electrons. The van der Waals surface area contributed by atoms with Crippen molar-refractivity contribution in [2.24, 2.45) is 11.7 Å². The number of nitrogens with zero attached hydrogens (tertiary/aromatic N) is 2. The molecular weight excluding hydrogens is 230 g/mol. The second-order valence-corrected chi connectivity index (χ2v) is 3.87. The van der Waals surface area contributed by atoms with Gasteiger partial charge in [0.25, 0.3) is 0 Å². The highest BCUT2D eigenvalue weighted by Crippen LogP contribution is 2.06. The second-order valence-electron chi connectivity index (χ2n) is 3.87. The van der Waals surface area contributed by atoms with E-state index in [1.165, 1.54) is 6.33 Å². The van der Waals surface area contributed by atoms with Gasteiger partial charge in [0.2, 0.25) is 5.91 Å². The van der Waals surface area contributed by atoms with Crippen LogP contribution in [-0.4, -0.2) is 27.1 Å². The molecule has 0 aliphatic carbocycles. The van der Waals surface area contributed by atoms with E-state index >= 15 is 0 Å². The van der Waals surface area contributed by atoms with Crippen molar-refractivity contribution in [3.63, 3.8) is 0 Å². The van der Waals surface area contributed by atoms with E-state index in [1.807, 2.05) is 20.8 Å². The van der Waals surface area contributed by atoms with Crippen molar-refractivity contribution in [2.45, 2.75) is 32.9 Å². The Morgan fingerprint density at radius 2 is 2.12 bits per heavy atom. The predicted octanol–water partition coefficient (Wildman–Crippen LogP) is 0.387. The van der Waals surface area contributed by atoms with Crippen LogP contribution < -0.4 is 11.1 Å². The maximum Gasteiger partial charge on any atom is 0.237 e. The van der Waals surface area contributed by atoms with Crippen molar-refractivity contribution in [2.75, 3.05) is 0 Å². The van der Waals surface area contributed by atoms with Gasteiger partial charge in [0, 0.05) is 0 Å². The molecule has 1 aromatic rings. The molecule has 0 aliphatic rings. The van der Waals surface area contributed by atoms with Gasteiger partial charge in [-0.3, -0.25) is 9.89 Å². The van der Waals surface area contributed by atoms with Crippen molar-refractivity contribution in [1.29, 1.82) is 0 Å². The van der Waals surface area contributed by atoms with E-state index in [2.05, 4.69) is 20.5 Å². The van der Waals surface area contributed by atoms with Crippen LogP contribution in [0.1, 0.15) is 32.6 Å². The largest absolute Gasteiger partial charge is 0.345 e. The first-order valence-electron chi connectivity index (χ1n) is 4.93. The number of halogens is 1. The summed E-state index contributed by atoms with van der Waals surface area (Å²) in [5, 5.41) is 9.17.